The summed E-state index contributed by atoms with van der Waals surface area (Å²) in [6.45, 7) is 5.71. The summed E-state index contributed by atoms with van der Waals surface area (Å²) in [6.07, 6.45) is 4.78. The molecule has 4 rings (SSSR count). The van der Waals surface area contributed by atoms with E-state index < -0.39 is 23.5 Å². The van der Waals surface area contributed by atoms with Gasteiger partial charge < -0.3 is 14.7 Å². The molecule has 1 aliphatic heterocycles. The lowest BCUT2D eigenvalue weighted by Crippen LogP contribution is -2.29. The monoisotopic (exact) mass is 458 g/mol. The van der Waals surface area contributed by atoms with Crippen LogP contribution in [0.2, 0.25) is 0 Å². The van der Waals surface area contributed by atoms with Crippen molar-refractivity contribution in [2.45, 2.75) is 19.5 Å². The molecular formula is C27H23FN2O4. The van der Waals surface area contributed by atoms with Gasteiger partial charge in [-0.15, -0.1) is 0 Å². The summed E-state index contributed by atoms with van der Waals surface area (Å²) in [7, 11) is 0. The zero-order valence-electron chi connectivity index (χ0n) is 18.6. The first kappa shape index (κ1) is 22.9. The van der Waals surface area contributed by atoms with Crippen molar-refractivity contribution in [3.05, 3.63) is 113 Å². The minimum atomic E-state index is -1.10. The molecule has 1 atom stereocenters. The van der Waals surface area contributed by atoms with Gasteiger partial charge in [0.25, 0.3) is 11.7 Å². The van der Waals surface area contributed by atoms with Crippen molar-refractivity contribution in [2.24, 2.45) is 0 Å². The van der Waals surface area contributed by atoms with Crippen LogP contribution >= 0.6 is 0 Å². The lowest BCUT2D eigenvalue weighted by Gasteiger charge is -2.25. The third-order valence-electron chi connectivity index (χ3n) is 5.64. The molecule has 1 amide bonds. The first-order chi connectivity index (χ1) is 16.4. The maximum atomic E-state index is 14.9. The second kappa shape index (κ2) is 9.70. The Labute approximate surface area is 196 Å². The van der Waals surface area contributed by atoms with Crippen molar-refractivity contribution in [2.75, 3.05) is 6.61 Å². The van der Waals surface area contributed by atoms with Crippen LogP contribution in [0.5, 0.6) is 5.75 Å². The van der Waals surface area contributed by atoms with E-state index in [2.05, 4.69) is 11.6 Å². The summed E-state index contributed by atoms with van der Waals surface area (Å²) in [5.74, 6) is -2.07. The van der Waals surface area contributed by atoms with Crippen LogP contribution in [-0.4, -0.2) is 33.3 Å². The second-order valence-electron chi connectivity index (χ2n) is 7.89. The van der Waals surface area contributed by atoms with Gasteiger partial charge in [-0.2, -0.15) is 0 Å². The Bertz CT molecular complexity index is 1290. The number of nitrogens with zero attached hydrogens (tertiary/aromatic N) is 2. The van der Waals surface area contributed by atoms with Gasteiger partial charge in [0.15, 0.2) is 0 Å². The predicted octanol–water partition coefficient (Wildman–Crippen LogP) is 4.72. The van der Waals surface area contributed by atoms with Crippen LogP contribution in [0.1, 0.15) is 28.3 Å². The van der Waals surface area contributed by atoms with Gasteiger partial charge in [0.05, 0.1) is 11.6 Å². The highest BCUT2D eigenvalue weighted by molar-refractivity contribution is 6.46. The molecule has 0 bridgehead atoms. The number of ketones is 1. The predicted molar refractivity (Wildman–Crippen MR) is 125 cm³/mol. The molecule has 1 saturated heterocycles. The molecule has 0 aliphatic carbocycles. The number of aliphatic hydroxyl groups is 1. The fourth-order valence-corrected chi connectivity index (χ4v) is 4.04. The molecule has 2 heterocycles. The minimum Gasteiger partial charge on any atom is -0.507 e. The van der Waals surface area contributed by atoms with Gasteiger partial charge in [-0.05, 0) is 48.4 Å². The first-order valence-electron chi connectivity index (χ1n) is 10.7. The number of ether oxygens (including phenoxy) is 1. The summed E-state index contributed by atoms with van der Waals surface area (Å²) >= 11 is 0. The zero-order valence-corrected chi connectivity index (χ0v) is 18.6. The molecule has 6 nitrogen and oxygen atoms in total. The van der Waals surface area contributed by atoms with Gasteiger partial charge in [-0.1, -0.05) is 36.9 Å². The Kier molecular flexibility index (Phi) is 6.54. The number of likely N-dealkylation sites (tertiary alicyclic amines) is 1. The molecule has 34 heavy (non-hydrogen) atoms. The lowest BCUT2D eigenvalue weighted by atomic mass is 9.93. The van der Waals surface area contributed by atoms with Crippen LogP contribution in [0.15, 0.2) is 85.2 Å². The molecule has 1 unspecified atom stereocenters. The second-order valence-corrected chi connectivity index (χ2v) is 7.89. The number of pyridine rings is 1. The van der Waals surface area contributed by atoms with Gasteiger partial charge in [0.2, 0.25) is 0 Å². The number of benzene rings is 2. The molecule has 0 spiro atoms. The van der Waals surface area contributed by atoms with Crippen LogP contribution in [0.3, 0.4) is 0 Å². The number of amides is 1. The molecule has 7 heteroatoms. The molecule has 1 aromatic heterocycles. The highest BCUT2D eigenvalue weighted by Crippen LogP contribution is 2.41. The van der Waals surface area contributed by atoms with E-state index >= 15 is 0 Å². The standard InChI is InChI=1S/C27H23FN2O4/c1-3-13-34-19-10-11-20(17(2)14-19)25(31)23-24(21-8-4-5-9-22(21)28)30(27(33)26(23)32)16-18-7-6-12-29-15-18/h3-12,14-15,24,31H,1,13,16H2,2H3. The number of hydrogen-bond donors (Lipinski definition) is 1. The van der Waals surface area contributed by atoms with E-state index in [1.165, 1.54) is 23.1 Å². The number of hydrogen-bond acceptors (Lipinski definition) is 5. The maximum absolute atomic E-state index is 14.9. The van der Waals surface area contributed by atoms with Crippen molar-refractivity contribution in [1.29, 1.82) is 0 Å². The molecule has 1 fully saturated rings. The maximum Gasteiger partial charge on any atom is 0.295 e. The summed E-state index contributed by atoms with van der Waals surface area (Å²) < 4.78 is 20.4. The molecule has 0 radical (unpaired) electrons. The van der Waals surface area contributed by atoms with E-state index in [0.29, 0.717) is 29.0 Å². The van der Waals surface area contributed by atoms with Crippen LogP contribution < -0.4 is 4.74 Å². The van der Waals surface area contributed by atoms with Crippen LogP contribution in [0.25, 0.3) is 5.76 Å². The summed E-state index contributed by atoms with van der Waals surface area (Å²) in [5, 5.41) is 11.3. The fourth-order valence-electron chi connectivity index (χ4n) is 4.04. The van der Waals surface area contributed by atoms with Gasteiger partial charge in [-0.25, -0.2) is 4.39 Å². The molecule has 0 saturated carbocycles. The van der Waals surface area contributed by atoms with Crippen molar-refractivity contribution < 1.29 is 23.8 Å². The molecule has 1 aliphatic rings. The number of halogens is 1. The molecule has 172 valence electrons. The van der Waals surface area contributed by atoms with Gasteiger partial charge in [0.1, 0.15) is 23.9 Å². The molecule has 2 aromatic carbocycles. The van der Waals surface area contributed by atoms with Gasteiger partial charge in [0, 0.05) is 30.1 Å². The van der Waals surface area contributed by atoms with E-state index in [9.17, 15) is 19.1 Å². The highest BCUT2D eigenvalue weighted by atomic mass is 19.1. The Morgan fingerprint density at radius 2 is 2.00 bits per heavy atom. The van der Waals surface area contributed by atoms with Crippen molar-refractivity contribution >= 4 is 17.4 Å². The summed E-state index contributed by atoms with van der Waals surface area (Å²) in [6, 6.07) is 13.3. The molecular weight excluding hydrogens is 435 g/mol. The Balaban J connectivity index is 1.85. The number of Topliss-reactive ketones (excluding diaryl/α,β-unsaturated/α-hetero) is 1. The Hall–Kier alpha value is -4.26. The molecule has 3 aromatic rings. The minimum absolute atomic E-state index is 0.0293. The van der Waals surface area contributed by atoms with E-state index in [4.69, 9.17) is 4.74 Å². The van der Waals surface area contributed by atoms with E-state index in [1.54, 1.807) is 61.8 Å². The van der Waals surface area contributed by atoms with E-state index in [-0.39, 0.29) is 23.4 Å². The van der Waals surface area contributed by atoms with E-state index in [0.717, 1.165) is 0 Å². The van der Waals surface area contributed by atoms with Gasteiger partial charge in [-0.3, -0.25) is 14.6 Å². The van der Waals surface area contributed by atoms with Gasteiger partial charge >= 0.3 is 0 Å². The zero-order chi connectivity index (χ0) is 24.2. The normalized spacial score (nSPS) is 17.1. The number of carbonyl (C=O) groups excluding carboxylic acids is 2. The summed E-state index contributed by atoms with van der Waals surface area (Å²) in [5.41, 5.74) is 1.61. The van der Waals surface area contributed by atoms with E-state index in [1.807, 2.05) is 0 Å². The van der Waals surface area contributed by atoms with Crippen molar-refractivity contribution in [3.8, 4) is 5.75 Å². The van der Waals surface area contributed by atoms with Crippen molar-refractivity contribution in [3.63, 3.8) is 0 Å². The first-order valence-corrected chi connectivity index (χ1v) is 10.7. The van der Waals surface area contributed by atoms with Crippen LogP contribution in [0, 0.1) is 12.7 Å². The SMILES string of the molecule is C=CCOc1ccc(C(O)=C2C(=O)C(=O)N(Cc3cccnc3)C2c2ccccc2F)c(C)c1. The number of aromatic nitrogens is 1. The quantitative estimate of drug-likeness (QED) is 0.240. The van der Waals surface area contributed by atoms with Crippen molar-refractivity contribution in [1.82, 2.24) is 9.88 Å². The smallest absolute Gasteiger partial charge is 0.295 e. The Morgan fingerprint density at radius 1 is 1.21 bits per heavy atom. The fraction of sp³-hybridized carbons (Fsp3) is 0.148. The topological polar surface area (TPSA) is 79.7 Å². The number of rotatable bonds is 7. The Morgan fingerprint density at radius 3 is 2.68 bits per heavy atom. The highest BCUT2D eigenvalue weighted by Gasteiger charge is 2.47. The largest absolute Gasteiger partial charge is 0.507 e. The van der Waals surface area contributed by atoms with Crippen LogP contribution in [0.4, 0.5) is 4.39 Å². The third kappa shape index (κ3) is 4.32. The molecule has 1 N–H and O–H groups in total. The number of aryl methyl sites for hydroxylation is 1. The summed E-state index contributed by atoms with van der Waals surface area (Å²) in [4.78, 5) is 31.5. The number of aliphatic hydroxyl groups excluding tert-OH is 1. The lowest BCUT2D eigenvalue weighted by molar-refractivity contribution is -0.140. The number of carbonyl (C=O) groups is 2. The van der Waals surface area contributed by atoms with Crippen LogP contribution in [-0.2, 0) is 16.1 Å². The third-order valence-corrected chi connectivity index (χ3v) is 5.64. The average molecular weight is 458 g/mol. The average Bonchev–Trinajstić information content (AvgIpc) is 3.08.